The zero-order valence-corrected chi connectivity index (χ0v) is 12.9. The highest BCUT2D eigenvalue weighted by Crippen LogP contribution is 2.35. The van der Waals surface area contributed by atoms with Crippen molar-refractivity contribution in [3.05, 3.63) is 34.9 Å². The first-order valence-electron chi connectivity index (χ1n) is 7.67. The Morgan fingerprint density at radius 1 is 1.23 bits per heavy atom. The van der Waals surface area contributed by atoms with Crippen LogP contribution in [0.25, 0.3) is 0 Å². The van der Waals surface area contributed by atoms with Crippen molar-refractivity contribution in [2.75, 3.05) is 6.54 Å². The second-order valence-electron chi connectivity index (χ2n) is 6.35. The van der Waals surface area contributed by atoms with Crippen molar-refractivity contribution < 1.29 is 14.4 Å². The fraction of sp³-hybridized carbons (Fsp3) is 0.471. The molecule has 3 rings (SSSR count). The number of hydrogen-bond donors (Lipinski definition) is 1. The molecule has 22 heavy (non-hydrogen) atoms. The third-order valence-electron chi connectivity index (χ3n) is 4.69. The number of aryl methyl sites for hydroxylation is 2. The summed E-state index contributed by atoms with van der Waals surface area (Å²) in [7, 11) is 0. The van der Waals surface area contributed by atoms with Crippen LogP contribution in [-0.4, -0.2) is 34.7 Å². The Balaban J connectivity index is 1.79. The average Bonchev–Trinajstić information content (AvgIpc) is 3.00. The van der Waals surface area contributed by atoms with E-state index in [4.69, 9.17) is 0 Å². The highest BCUT2D eigenvalue weighted by atomic mass is 16.2. The molecule has 1 saturated heterocycles. The first kappa shape index (κ1) is 14.8. The Labute approximate surface area is 129 Å². The van der Waals surface area contributed by atoms with E-state index in [1.165, 1.54) is 0 Å². The Hall–Kier alpha value is -2.17. The van der Waals surface area contributed by atoms with Crippen LogP contribution in [-0.2, 0) is 4.79 Å². The topological polar surface area (TPSA) is 66.5 Å². The molecule has 5 heteroatoms. The molecule has 116 valence electrons. The van der Waals surface area contributed by atoms with Crippen LogP contribution in [0.1, 0.15) is 47.2 Å². The summed E-state index contributed by atoms with van der Waals surface area (Å²) >= 11 is 0. The van der Waals surface area contributed by atoms with Crippen LogP contribution < -0.4 is 5.32 Å². The SMILES string of the molecule is Cc1ccc(C(=O)CN2C(=O)NC3(CCCC3)C2=O)c(C)c1. The van der Waals surface area contributed by atoms with Gasteiger partial charge in [0.2, 0.25) is 0 Å². The summed E-state index contributed by atoms with van der Waals surface area (Å²) in [5, 5.41) is 2.79. The number of urea groups is 1. The van der Waals surface area contributed by atoms with Gasteiger partial charge in [-0.15, -0.1) is 0 Å². The molecule has 5 nitrogen and oxygen atoms in total. The standard InChI is InChI=1S/C17H20N2O3/c1-11-5-6-13(12(2)9-11)14(20)10-19-15(21)17(18-16(19)22)7-3-4-8-17/h5-6,9H,3-4,7-8,10H2,1-2H3,(H,18,22). The van der Waals surface area contributed by atoms with Crippen LogP contribution in [0.5, 0.6) is 0 Å². The lowest BCUT2D eigenvalue weighted by atomic mass is 9.97. The van der Waals surface area contributed by atoms with Gasteiger partial charge in [-0.2, -0.15) is 0 Å². The molecule has 1 saturated carbocycles. The lowest BCUT2D eigenvalue weighted by Gasteiger charge is -2.19. The van der Waals surface area contributed by atoms with Gasteiger partial charge in [0.05, 0.1) is 6.54 Å². The number of carbonyl (C=O) groups excluding carboxylic acids is 3. The fourth-order valence-corrected chi connectivity index (χ4v) is 3.49. The fourth-order valence-electron chi connectivity index (χ4n) is 3.49. The second-order valence-corrected chi connectivity index (χ2v) is 6.35. The molecule has 0 aromatic heterocycles. The molecule has 1 aliphatic carbocycles. The van der Waals surface area contributed by atoms with E-state index in [0.717, 1.165) is 28.9 Å². The van der Waals surface area contributed by atoms with Gasteiger partial charge < -0.3 is 5.32 Å². The Morgan fingerprint density at radius 2 is 1.91 bits per heavy atom. The summed E-state index contributed by atoms with van der Waals surface area (Å²) in [4.78, 5) is 38.2. The summed E-state index contributed by atoms with van der Waals surface area (Å²) in [6.45, 7) is 3.64. The zero-order valence-electron chi connectivity index (χ0n) is 12.9. The van der Waals surface area contributed by atoms with Crippen molar-refractivity contribution in [2.24, 2.45) is 0 Å². The molecule has 1 spiro atoms. The Kier molecular flexibility index (Phi) is 3.51. The predicted molar refractivity (Wildman–Crippen MR) is 81.7 cm³/mol. The molecule has 0 atom stereocenters. The minimum absolute atomic E-state index is 0.184. The summed E-state index contributed by atoms with van der Waals surface area (Å²) in [6.07, 6.45) is 3.22. The van der Waals surface area contributed by atoms with Gasteiger partial charge in [-0.1, -0.05) is 36.6 Å². The van der Waals surface area contributed by atoms with Crippen LogP contribution in [0, 0.1) is 13.8 Å². The van der Waals surface area contributed by atoms with Gasteiger partial charge in [-0.25, -0.2) is 4.79 Å². The molecule has 1 heterocycles. The largest absolute Gasteiger partial charge is 0.325 e. The third-order valence-corrected chi connectivity index (χ3v) is 4.69. The van der Waals surface area contributed by atoms with Gasteiger partial charge in [-0.05, 0) is 32.3 Å². The zero-order chi connectivity index (χ0) is 15.9. The maximum absolute atomic E-state index is 12.5. The van der Waals surface area contributed by atoms with Crippen molar-refractivity contribution in [1.29, 1.82) is 0 Å². The minimum atomic E-state index is -0.750. The van der Waals surface area contributed by atoms with E-state index in [9.17, 15) is 14.4 Å². The van der Waals surface area contributed by atoms with Gasteiger partial charge in [0.15, 0.2) is 5.78 Å². The van der Waals surface area contributed by atoms with E-state index in [-0.39, 0.29) is 18.2 Å². The van der Waals surface area contributed by atoms with Gasteiger partial charge >= 0.3 is 6.03 Å². The molecular weight excluding hydrogens is 280 g/mol. The number of amides is 3. The second kappa shape index (κ2) is 5.23. The summed E-state index contributed by atoms with van der Waals surface area (Å²) < 4.78 is 0. The lowest BCUT2D eigenvalue weighted by molar-refractivity contribution is -0.130. The van der Waals surface area contributed by atoms with Crippen LogP contribution in [0.15, 0.2) is 18.2 Å². The van der Waals surface area contributed by atoms with E-state index in [0.29, 0.717) is 18.4 Å². The van der Waals surface area contributed by atoms with Crippen LogP contribution in [0.2, 0.25) is 0 Å². The number of rotatable bonds is 3. The van der Waals surface area contributed by atoms with Crippen molar-refractivity contribution in [1.82, 2.24) is 10.2 Å². The Morgan fingerprint density at radius 3 is 2.55 bits per heavy atom. The van der Waals surface area contributed by atoms with Crippen molar-refractivity contribution in [3.8, 4) is 0 Å². The van der Waals surface area contributed by atoms with E-state index >= 15 is 0 Å². The molecule has 0 unspecified atom stereocenters. The lowest BCUT2D eigenvalue weighted by Crippen LogP contribution is -2.44. The van der Waals surface area contributed by atoms with Crippen molar-refractivity contribution >= 4 is 17.7 Å². The van der Waals surface area contributed by atoms with Crippen LogP contribution >= 0.6 is 0 Å². The van der Waals surface area contributed by atoms with Gasteiger partial charge in [-0.3, -0.25) is 14.5 Å². The van der Waals surface area contributed by atoms with Crippen LogP contribution in [0.4, 0.5) is 4.79 Å². The number of ketones is 1. The monoisotopic (exact) mass is 300 g/mol. The first-order valence-corrected chi connectivity index (χ1v) is 7.67. The van der Waals surface area contributed by atoms with Gasteiger partial charge in [0, 0.05) is 5.56 Å². The highest BCUT2D eigenvalue weighted by molar-refractivity contribution is 6.11. The van der Waals surface area contributed by atoms with Gasteiger partial charge in [0.1, 0.15) is 5.54 Å². The third kappa shape index (κ3) is 2.30. The number of Topliss-reactive ketones (excluding diaryl/α,β-unsaturated/α-hetero) is 1. The van der Waals surface area contributed by atoms with Crippen molar-refractivity contribution in [2.45, 2.75) is 45.1 Å². The van der Waals surface area contributed by atoms with E-state index < -0.39 is 11.6 Å². The van der Waals surface area contributed by atoms with E-state index in [1.54, 1.807) is 6.07 Å². The smallest absolute Gasteiger partial charge is 0.323 e. The molecule has 1 aromatic carbocycles. The number of nitrogens with zero attached hydrogens (tertiary/aromatic N) is 1. The van der Waals surface area contributed by atoms with Crippen LogP contribution in [0.3, 0.4) is 0 Å². The molecule has 0 radical (unpaired) electrons. The molecule has 2 aliphatic rings. The quantitative estimate of drug-likeness (QED) is 0.688. The maximum Gasteiger partial charge on any atom is 0.325 e. The number of hydrogen-bond acceptors (Lipinski definition) is 3. The molecule has 1 N–H and O–H groups in total. The van der Waals surface area contributed by atoms with Crippen molar-refractivity contribution in [3.63, 3.8) is 0 Å². The average molecular weight is 300 g/mol. The first-order chi connectivity index (χ1) is 10.4. The predicted octanol–water partition coefficient (Wildman–Crippen LogP) is 2.35. The molecule has 1 aromatic rings. The summed E-state index contributed by atoms with van der Waals surface area (Å²) in [5.74, 6) is -0.441. The van der Waals surface area contributed by atoms with Gasteiger partial charge in [0.25, 0.3) is 5.91 Å². The Bertz CT molecular complexity index is 660. The minimum Gasteiger partial charge on any atom is -0.323 e. The number of imide groups is 1. The molecule has 2 fully saturated rings. The number of benzene rings is 1. The molecular formula is C17H20N2O3. The molecule has 0 bridgehead atoms. The maximum atomic E-state index is 12.5. The summed E-state index contributed by atoms with van der Waals surface area (Å²) in [6, 6.07) is 5.11. The normalized spacial score (nSPS) is 19.8. The number of nitrogens with one attached hydrogen (secondary N) is 1. The van der Waals surface area contributed by atoms with E-state index in [2.05, 4.69) is 5.32 Å². The molecule has 1 aliphatic heterocycles. The highest BCUT2D eigenvalue weighted by Gasteiger charge is 2.52. The number of carbonyl (C=O) groups is 3. The summed E-state index contributed by atoms with van der Waals surface area (Å²) in [5.41, 5.74) is 1.76. The molecule has 3 amide bonds. The van der Waals surface area contributed by atoms with E-state index in [1.807, 2.05) is 26.0 Å².